The van der Waals surface area contributed by atoms with Gasteiger partial charge < -0.3 is 15.1 Å². The SMILES string of the molecule is CC.CC(=O)NCCCOP(=O)(O)O. The van der Waals surface area contributed by atoms with Crippen molar-refractivity contribution in [3.8, 4) is 0 Å². The summed E-state index contributed by atoms with van der Waals surface area (Å²) in [7, 11) is -4.34. The number of rotatable bonds is 5. The molecular weight excluding hydrogens is 209 g/mol. The van der Waals surface area contributed by atoms with Gasteiger partial charge in [-0.25, -0.2) is 4.57 Å². The van der Waals surface area contributed by atoms with Gasteiger partial charge in [-0.3, -0.25) is 9.32 Å². The minimum absolute atomic E-state index is 0.0649. The molecule has 0 aliphatic rings. The lowest BCUT2D eigenvalue weighted by Gasteiger charge is -2.04. The van der Waals surface area contributed by atoms with Gasteiger partial charge in [0, 0.05) is 13.5 Å². The molecule has 0 spiro atoms. The molecule has 0 aromatic carbocycles. The zero-order valence-electron chi connectivity index (χ0n) is 8.69. The minimum atomic E-state index is -4.34. The van der Waals surface area contributed by atoms with Gasteiger partial charge in [0.2, 0.25) is 5.91 Å². The maximum atomic E-state index is 10.3. The molecule has 0 fully saturated rings. The Balaban J connectivity index is 0. The number of carbonyl (C=O) groups excluding carboxylic acids is 1. The smallest absolute Gasteiger partial charge is 0.356 e. The van der Waals surface area contributed by atoms with E-state index in [0.29, 0.717) is 13.0 Å². The fourth-order valence-electron chi connectivity index (χ4n) is 0.520. The molecule has 0 atom stereocenters. The lowest BCUT2D eigenvalue weighted by atomic mass is 10.4. The Kier molecular flexibility index (Phi) is 10.5. The van der Waals surface area contributed by atoms with Gasteiger partial charge in [-0.05, 0) is 6.42 Å². The summed E-state index contributed by atoms with van der Waals surface area (Å²) in [5, 5.41) is 2.46. The van der Waals surface area contributed by atoms with Crippen LogP contribution in [0.15, 0.2) is 0 Å². The molecule has 6 nitrogen and oxygen atoms in total. The summed E-state index contributed by atoms with van der Waals surface area (Å²) in [6, 6.07) is 0. The van der Waals surface area contributed by atoms with Crippen LogP contribution in [0.4, 0.5) is 0 Å². The van der Waals surface area contributed by atoms with Gasteiger partial charge in [0.15, 0.2) is 0 Å². The van der Waals surface area contributed by atoms with Gasteiger partial charge in [0.1, 0.15) is 0 Å². The summed E-state index contributed by atoms with van der Waals surface area (Å²) >= 11 is 0. The van der Waals surface area contributed by atoms with Crippen molar-refractivity contribution in [3.05, 3.63) is 0 Å². The fraction of sp³-hybridized carbons (Fsp3) is 0.857. The number of hydrogen-bond acceptors (Lipinski definition) is 3. The molecule has 0 saturated heterocycles. The predicted molar refractivity (Wildman–Crippen MR) is 52.6 cm³/mol. The van der Waals surface area contributed by atoms with Crippen LogP contribution in [-0.4, -0.2) is 28.8 Å². The summed E-state index contributed by atoms with van der Waals surface area (Å²) in [5.41, 5.74) is 0. The van der Waals surface area contributed by atoms with Crippen LogP contribution in [0.5, 0.6) is 0 Å². The predicted octanol–water partition coefficient (Wildman–Crippen LogP) is 0.648. The maximum absolute atomic E-state index is 10.3. The first-order valence-electron chi connectivity index (χ1n) is 4.36. The summed E-state index contributed by atoms with van der Waals surface area (Å²) in [6.45, 7) is 5.66. The lowest BCUT2D eigenvalue weighted by Crippen LogP contribution is -2.21. The van der Waals surface area contributed by atoms with Crippen LogP contribution in [0.2, 0.25) is 0 Å². The zero-order valence-corrected chi connectivity index (χ0v) is 9.58. The van der Waals surface area contributed by atoms with Crippen molar-refractivity contribution in [1.82, 2.24) is 5.32 Å². The molecule has 0 aromatic heterocycles. The van der Waals surface area contributed by atoms with E-state index in [1.807, 2.05) is 13.8 Å². The van der Waals surface area contributed by atoms with Gasteiger partial charge in [-0.2, -0.15) is 0 Å². The zero-order chi connectivity index (χ0) is 11.6. The first kappa shape index (κ1) is 16.0. The van der Waals surface area contributed by atoms with Crippen molar-refractivity contribution >= 4 is 13.7 Å². The second-order valence-electron chi connectivity index (χ2n) is 2.16. The van der Waals surface area contributed by atoms with Crippen LogP contribution >= 0.6 is 7.82 Å². The molecular formula is C7H18NO5P. The molecule has 1 amide bonds. The summed E-state index contributed by atoms with van der Waals surface area (Å²) in [5.74, 6) is -0.175. The molecule has 0 bridgehead atoms. The molecule has 14 heavy (non-hydrogen) atoms. The number of phosphoric acid groups is 1. The third-order valence-electron chi connectivity index (χ3n) is 0.955. The topological polar surface area (TPSA) is 95.9 Å². The van der Waals surface area contributed by atoms with Gasteiger partial charge >= 0.3 is 7.82 Å². The van der Waals surface area contributed by atoms with Crippen molar-refractivity contribution < 1.29 is 23.7 Å². The Labute approximate surface area is 83.9 Å². The third-order valence-corrected chi connectivity index (χ3v) is 1.47. The number of phosphoric ester groups is 1. The van der Waals surface area contributed by atoms with Gasteiger partial charge in [0.05, 0.1) is 6.61 Å². The number of carbonyl (C=O) groups is 1. The van der Waals surface area contributed by atoms with E-state index in [9.17, 15) is 9.36 Å². The Morgan fingerprint density at radius 2 is 1.93 bits per heavy atom. The Morgan fingerprint density at radius 3 is 2.29 bits per heavy atom. The molecule has 3 N–H and O–H groups in total. The highest BCUT2D eigenvalue weighted by atomic mass is 31.2. The molecule has 0 saturated carbocycles. The van der Waals surface area contributed by atoms with E-state index in [0.717, 1.165) is 0 Å². The molecule has 0 aliphatic heterocycles. The Bertz CT molecular complexity index is 191. The highest BCUT2D eigenvalue weighted by Gasteiger charge is 2.12. The van der Waals surface area contributed by atoms with E-state index in [1.54, 1.807) is 0 Å². The van der Waals surface area contributed by atoms with Gasteiger partial charge in [0.25, 0.3) is 0 Å². The molecule has 86 valence electrons. The maximum Gasteiger partial charge on any atom is 0.469 e. The fourth-order valence-corrected chi connectivity index (χ4v) is 0.887. The summed E-state index contributed by atoms with van der Waals surface area (Å²) in [6.07, 6.45) is 0.380. The summed E-state index contributed by atoms with van der Waals surface area (Å²) < 4.78 is 14.2. The second kappa shape index (κ2) is 9.15. The molecule has 0 heterocycles. The van der Waals surface area contributed by atoms with Gasteiger partial charge in [-0.15, -0.1) is 0 Å². The van der Waals surface area contributed by atoms with E-state index < -0.39 is 7.82 Å². The minimum Gasteiger partial charge on any atom is -0.356 e. The van der Waals surface area contributed by atoms with Crippen LogP contribution < -0.4 is 5.32 Å². The van der Waals surface area contributed by atoms with Crippen LogP contribution in [0.3, 0.4) is 0 Å². The number of hydrogen-bond donors (Lipinski definition) is 3. The monoisotopic (exact) mass is 227 g/mol. The van der Waals surface area contributed by atoms with E-state index in [1.165, 1.54) is 6.92 Å². The van der Waals surface area contributed by atoms with Crippen molar-refractivity contribution in [2.24, 2.45) is 0 Å². The average molecular weight is 227 g/mol. The van der Waals surface area contributed by atoms with Crippen molar-refractivity contribution in [1.29, 1.82) is 0 Å². The molecule has 7 heteroatoms. The quantitative estimate of drug-likeness (QED) is 0.473. The normalized spacial score (nSPS) is 10.1. The van der Waals surface area contributed by atoms with Crippen molar-refractivity contribution in [2.45, 2.75) is 27.2 Å². The highest BCUT2D eigenvalue weighted by Crippen LogP contribution is 2.35. The highest BCUT2D eigenvalue weighted by molar-refractivity contribution is 7.46. The van der Waals surface area contributed by atoms with E-state index >= 15 is 0 Å². The third kappa shape index (κ3) is 17.6. The number of amides is 1. The van der Waals surface area contributed by atoms with Crippen LogP contribution in [0.1, 0.15) is 27.2 Å². The number of nitrogens with one attached hydrogen (secondary N) is 1. The standard InChI is InChI=1S/C5H12NO5P.C2H6/c1-5(7)6-3-2-4-11-12(8,9)10;1-2/h2-4H2,1H3,(H,6,7)(H2,8,9,10);1-2H3. The Morgan fingerprint density at radius 1 is 1.43 bits per heavy atom. The van der Waals surface area contributed by atoms with E-state index in [-0.39, 0.29) is 12.5 Å². The second-order valence-corrected chi connectivity index (χ2v) is 3.40. The molecule has 0 unspecified atom stereocenters. The van der Waals surface area contributed by atoms with Crippen molar-refractivity contribution in [3.63, 3.8) is 0 Å². The van der Waals surface area contributed by atoms with Crippen LogP contribution in [0, 0.1) is 0 Å². The van der Waals surface area contributed by atoms with E-state index in [2.05, 4.69) is 9.84 Å². The molecule has 0 aromatic rings. The molecule has 0 rings (SSSR count). The van der Waals surface area contributed by atoms with Gasteiger partial charge in [-0.1, -0.05) is 13.8 Å². The average Bonchev–Trinajstić information content (AvgIpc) is 2.05. The lowest BCUT2D eigenvalue weighted by molar-refractivity contribution is -0.118. The first-order chi connectivity index (χ1) is 6.42. The van der Waals surface area contributed by atoms with Crippen LogP contribution in [-0.2, 0) is 13.9 Å². The van der Waals surface area contributed by atoms with Crippen molar-refractivity contribution in [2.75, 3.05) is 13.2 Å². The summed E-state index contributed by atoms with van der Waals surface area (Å²) in [4.78, 5) is 26.8. The Hall–Kier alpha value is -0.420. The van der Waals surface area contributed by atoms with Crippen LogP contribution in [0.25, 0.3) is 0 Å². The largest absolute Gasteiger partial charge is 0.469 e. The first-order valence-corrected chi connectivity index (χ1v) is 5.89. The molecule has 0 aliphatic carbocycles. The molecule has 0 radical (unpaired) electrons. The van der Waals surface area contributed by atoms with E-state index in [4.69, 9.17) is 9.79 Å².